The van der Waals surface area contributed by atoms with Gasteiger partial charge in [0.05, 0.1) is 16.6 Å². The van der Waals surface area contributed by atoms with Crippen molar-refractivity contribution in [3.8, 4) is 5.69 Å². The third kappa shape index (κ3) is 6.24. The highest BCUT2D eigenvalue weighted by molar-refractivity contribution is 7.99. The molecule has 0 fully saturated rings. The smallest absolute Gasteiger partial charge is 0.266 e. The molecule has 2 aromatic heterocycles. The van der Waals surface area contributed by atoms with Gasteiger partial charge in [-0.3, -0.25) is 19.1 Å². The molecule has 8 heteroatoms. The van der Waals surface area contributed by atoms with Crippen LogP contribution in [0.4, 0.5) is 0 Å². The quantitative estimate of drug-likeness (QED) is 0.190. The monoisotopic (exact) mass is 492 g/mol. The number of unbranched alkanes of at least 4 members (excludes halogenated alkanes) is 1. The fourth-order valence-corrected chi connectivity index (χ4v) is 4.76. The van der Waals surface area contributed by atoms with Crippen molar-refractivity contribution >= 4 is 40.2 Å². The molecular formula is C26H25ClN4O2S. The van der Waals surface area contributed by atoms with Gasteiger partial charge in [-0.25, -0.2) is 4.98 Å². The molecule has 0 bridgehead atoms. The second kappa shape index (κ2) is 11.8. The highest BCUT2D eigenvalue weighted by Gasteiger charge is 2.13. The van der Waals surface area contributed by atoms with Gasteiger partial charge in [0.15, 0.2) is 5.16 Å². The zero-order valence-corrected chi connectivity index (χ0v) is 20.2. The van der Waals surface area contributed by atoms with Gasteiger partial charge in [-0.15, -0.1) is 0 Å². The number of nitrogens with one attached hydrogen (secondary N) is 1. The first kappa shape index (κ1) is 24.0. The second-order valence-electron chi connectivity index (χ2n) is 7.76. The summed E-state index contributed by atoms with van der Waals surface area (Å²) in [5.74, 6) is 0.785. The van der Waals surface area contributed by atoms with Crippen molar-refractivity contribution in [2.24, 2.45) is 0 Å². The van der Waals surface area contributed by atoms with Gasteiger partial charge in [-0.2, -0.15) is 0 Å². The topological polar surface area (TPSA) is 76.9 Å². The number of benzene rings is 2. The number of hydrogen-bond acceptors (Lipinski definition) is 5. The van der Waals surface area contributed by atoms with Crippen molar-refractivity contribution in [1.29, 1.82) is 0 Å². The Labute approximate surface area is 207 Å². The number of aromatic nitrogens is 3. The maximum Gasteiger partial charge on any atom is 0.266 e. The van der Waals surface area contributed by atoms with Crippen LogP contribution in [0.2, 0.25) is 5.02 Å². The number of fused-ring (bicyclic) bond motifs is 1. The highest BCUT2D eigenvalue weighted by Crippen LogP contribution is 2.24. The molecule has 2 heterocycles. The van der Waals surface area contributed by atoms with E-state index in [0.29, 0.717) is 39.7 Å². The Hall–Kier alpha value is -3.16. The van der Waals surface area contributed by atoms with Crippen molar-refractivity contribution in [2.45, 2.75) is 30.8 Å². The summed E-state index contributed by atoms with van der Waals surface area (Å²) in [6.45, 7) is 0.581. The Bertz CT molecular complexity index is 1330. The van der Waals surface area contributed by atoms with Crippen LogP contribution >= 0.6 is 23.4 Å². The van der Waals surface area contributed by atoms with E-state index in [2.05, 4.69) is 10.3 Å². The molecule has 6 nitrogen and oxygen atoms in total. The number of carbonyl (C=O) groups excluding carboxylic acids is 1. The Kier molecular flexibility index (Phi) is 8.33. The van der Waals surface area contributed by atoms with Crippen LogP contribution in [-0.2, 0) is 11.2 Å². The van der Waals surface area contributed by atoms with Crippen LogP contribution in [0, 0.1) is 0 Å². The van der Waals surface area contributed by atoms with Crippen LogP contribution in [0.5, 0.6) is 0 Å². The molecule has 0 spiro atoms. The third-order valence-electron chi connectivity index (χ3n) is 5.27. The van der Waals surface area contributed by atoms with E-state index >= 15 is 0 Å². The number of amides is 1. The molecular weight excluding hydrogens is 468 g/mol. The molecule has 0 saturated carbocycles. The average Bonchev–Trinajstić information content (AvgIpc) is 2.84. The van der Waals surface area contributed by atoms with E-state index < -0.39 is 0 Å². The zero-order chi connectivity index (χ0) is 23.8. The summed E-state index contributed by atoms with van der Waals surface area (Å²) >= 11 is 7.69. The molecule has 0 unspecified atom stereocenters. The lowest BCUT2D eigenvalue weighted by Crippen LogP contribution is -2.25. The van der Waals surface area contributed by atoms with E-state index in [-0.39, 0.29) is 11.5 Å². The summed E-state index contributed by atoms with van der Waals surface area (Å²) in [6, 6.07) is 20.3. The molecule has 174 valence electrons. The fourth-order valence-electron chi connectivity index (χ4n) is 3.57. The number of thioether (sulfide) groups is 1. The van der Waals surface area contributed by atoms with Crippen molar-refractivity contribution in [2.75, 3.05) is 12.3 Å². The van der Waals surface area contributed by atoms with Crippen molar-refractivity contribution < 1.29 is 4.79 Å². The molecule has 1 N–H and O–H groups in total. The van der Waals surface area contributed by atoms with E-state index in [4.69, 9.17) is 16.6 Å². The molecule has 0 atom stereocenters. The normalized spacial score (nSPS) is 11.0. The van der Waals surface area contributed by atoms with Crippen molar-refractivity contribution in [1.82, 2.24) is 19.9 Å². The van der Waals surface area contributed by atoms with Crippen LogP contribution in [0.1, 0.15) is 25.0 Å². The molecule has 0 saturated heterocycles. The van der Waals surface area contributed by atoms with Gasteiger partial charge >= 0.3 is 0 Å². The number of para-hydroxylation sites is 1. The molecule has 1 amide bonds. The predicted molar refractivity (Wildman–Crippen MR) is 138 cm³/mol. The number of hydrogen-bond donors (Lipinski definition) is 1. The Balaban J connectivity index is 1.34. The summed E-state index contributed by atoms with van der Waals surface area (Å²) in [5.41, 5.74) is 2.20. The molecule has 0 aliphatic carbocycles. The lowest BCUT2D eigenvalue weighted by atomic mass is 10.2. The van der Waals surface area contributed by atoms with Gasteiger partial charge in [0.1, 0.15) is 0 Å². The van der Waals surface area contributed by atoms with Gasteiger partial charge in [-0.1, -0.05) is 47.6 Å². The maximum absolute atomic E-state index is 13.3. The summed E-state index contributed by atoms with van der Waals surface area (Å²) in [5, 5.41) is 4.69. The van der Waals surface area contributed by atoms with Gasteiger partial charge in [-0.05, 0) is 55.3 Å². The molecule has 4 rings (SSSR count). The second-order valence-corrected chi connectivity index (χ2v) is 9.26. The predicted octanol–water partition coefficient (Wildman–Crippen LogP) is 5.06. The fraction of sp³-hybridized carbons (Fsp3) is 0.231. The summed E-state index contributed by atoms with van der Waals surface area (Å²) in [6.07, 6.45) is 4.53. The number of rotatable bonds is 10. The molecule has 34 heavy (non-hydrogen) atoms. The minimum Gasteiger partial charge on any atom is -0.356 e. The first-order valence-electron chi connectivity index (χ1n) is 11.2. The zero-order valence-electron chi connectivity index (χ0n) is 18.6. The lowest BCUT2D eigenvalue weighted by Gasteiger charge is -2.13. The SMILES string of the molecule is O=C(CCCCSc1nc2ccccc2c(=O)n1-c1cccc(Cl)c1)NCCc1ccccn1. The van der Waals surface area contributed by atoms with Crippen LogP contribution in [-0.4, -0.2) is 32.7 Å². The summed E-state index contributed by atoms with van der Waals surface area (Å²) in [4.78, 5) is 34.4. The summed E-state index contributed by atoms with van der Waals surface area (Å²) < 4.78 is 1.61. The molecule has 0 aliphatic rings. The Morgan fingerprint density at radius 3 is 2.71 bits per heavy atom. The van der Waals surface area contributed by atoms with Crippen molar-refractivity contribution in [3.05, 3.63) is 94.0 Å². The van der Waals surface area contributed by atoms with Crippen LogP contribution in [0.3, 0.4) is 0 Å². The van der Waals surface area contributed by atoms with Crippen LogP contribution in [0.15, 0.2) is 82.9 Å². The minimum absolute atomic E-state index is 0.0422. The number of pyridine rings is 1. The number of carbonyl (C=O) groups is 1. The van der Waals surface area contributed by atoms with Crippen LogP contribution in [0.25, 0.3) is 16.6 Å². The number of halogens is 1. The molecule has 0 aliphatic heterocycles. The largest absolute Gasteiger partial charge is 0.356 e. The molecule has 2 aromatic carbocycles. The minimum atomic E-state index is -0.123. The standard InChI is InChI=1S/C26H25ClN4O2S/c27-19-8-7-10-21(18-19)31-25(33)22-11-1-2-12-23(22)30-26(31)34-17-6-4-13-24(32)29-16-14-20-9-3-5-15-28-20/h1-3,5,7-12,15,18H,4,6,13-14,16-17H2,(H,29,32). The van der Waals surface area contributed by atoms with Gasteiger partial charge in [0.2, 0.25) is 5.91 Å². The van der Waals surface area contributed by atoms with Crippen molar-refractivity contribution in [3.63, 3.8) is 0 Å². The Morgan fingerprint density at radius 2 is 1.88 bits per heavy atom. The number of nitrogens with zero attached hydrogens (tertiary/aromatic N) is 3. The first-order chi connectivity index (χ1) is 16.6. The van der Waals surface area contributed by atoms with Gasteiger partial charge < -0.3 is 5.32 Å². The lowest BCUT2D eigenvalue weighted by molar-refractivity contribution is -0.121. The maximum atomic E-state index is 13.3. The molecule has 4 aromatic rings. The first-order valence-corrected chi connectivity index (χ1v) is 12.6. The Morgan fingerprint density at radius 1 is 1.03 bits per heavy atom. The van der Waals surface area contributed by atoms with Gasteiger partial charge in [0, 0.05) is 42.1 Å². The highest BCUT2D eigenvalue weighted by atomic mass is 35.5. The van der Waals surface area contributed by atoms with E-state index in [9.17, 15) is 9.59 Å². The van der Waals surface area contributed by atoms with E-state index in [1.54, 1.807) is 29.0 Å². The summed E-state index contributed by atoms with van der Waals surface area (Å²) in [7, 11) is 0. The van der Waals surface area contributed by atoms with E-state index in [1.165, 1.54) is 11.8 Å². The van der Waals surface area contributed by atoms with Crippen LogP contribution < -0.4 is 10.9 Å². The van der Waals surface area contributed by atoms with E-state index in [0.717, 1.165) is 30.7 Å². The average molecular weight is 493 g/mol. The van der Waals surface area contributed by atoms with E-state index in [1.807, 2.05) is 48.5 Å². The third-order valence-corrected chi connectivity index (χ3v) is 6.53. The van der Waals surface area contributed by atoms with Gasteiger partial charge in [0.25, 0.3) is 5.56 Å². The molecule has 0 radical (unpaired) electrons.